The fourth-order valence-corrected chi connectivity index (χ4v) is 2.99. The third kappa shape index (κ3) is 2.38. The van der Waals surface area contributed by atoms with Gasteiger partial charge in [-0.2, -0.15) is 0 Å². The lowest BCUT2D eigenvalue weighted by Gasteiger charge is -2.05. The third-order valence-corrected chi connectivity index (χ3v) is 4.13. The first-order valence-corrected chi connectivity index (χ1v) is 7.67. The summed E-state index contributed by atoms with van der Waals surface area (Å²) in [4.78, 5) is 0. The van der Waals surface area contributed by atoms with Crippen molar-refractivity contribution < 1.29 is 4.74 Å². The van der Waals surface area contributed by atoms with Crippen LogP contribution in [0.25, 0.3) is 27.7 Å². The van der Waals surface area contributed by atoms with Crippen molar-refractivity contribution in [2.24, 2.45) is 0 Å². The van der Waals surface area contributed by atoms with Crippen LogP contribution in [-0.4, -0.2) is 11.7 Å². The summed E-state index contributed by atoms with van der Waals surface area (Å²) >= 11 is 0. The van der Waals surface area contributed by atoms with E-state index in [1.807, 2.05) is 18.2 Å². The first-order chi connectivity index (χ1) is 11.4. The molecule has 0 saturated heterocycles. The Labute approximate surface area is 135 Å². The van der Waals surface area contributed by atoms with E-state index in [-0.39, 0.29) is 0 Å². The summed E-state index contributed by atoms with van der Waals surface area (Å²) in [6.45, 7) is 0. The van der Waals surface area contributed by atoms with Crippen molar-refractivity contribution in [3.8, 4) is 22.6 Å². The molecule has 0 N–H and O–H groups in total. The molecule has 1 aromatic heterocycles. The van der Waals surface area contributed by atoms with Gasteiger partial charge in [0.2, 0.25) is 0 Å². The number of hydrogen-bond acceptors (Lipinski definition) is 1. The van der Waals surface area contributed by atoms with Crippen molar-refractivity contribution in [3.05, 3.63) is 85.1 Å². The molecule has 0 fully saturated rings. The van der Waals surface area contributed by atoms with Crippen molar-refractivity contribution >= 4 is 10.9 Å². The molecule has 3 aromatic carbocycles. The fourth-order valence-electron chi connectivity index (χ4n) is 2.99. The molecule has 0 radical (unpaired) electrons. The van der Waals surface area contributed by atoms with Crippen LogP contribution in [0.1, 0.15) is 0 Å². The van der Waals surface area contributed by atoms with Crippen LogP contribution in [0.5, 0.6) is 5.75 Å². The molecule has 23 heavy (non-hydrogen) atoms. The lowest BCUT2D eigenvalue weighted by atomic mass is 10.0. The molecule has 1 heterocycles. The molecule has 0 saturated carbocycles. The molecule has 112 valence electrons. The predicted octanol–water partition coefficient (Wildman–Crippen LogP) is 5.31. The highest BCUT2D eigenvalue weighted by molar-refractivity contribution is 5.98. The minimum atomic E-state index is 0.875. The maximum atomic E-state index is 5.42. The molecule has 0 aliphatic rings. The second kappa shape index (κ2) is 5.65. The van der Waals surface area contributed by atoms with E-state index >= 15 is 0 Å². The van der Waals surface area contributed by atoms with Crippen LogP contribution in [-0.2, 0) is 0 Å². The standard InChI is InChI=1S/C21H17NO/c1-23-18-12-13-21-19(14-18)20(16-8-4-2-5-9-16)15-22(21)17-10-6-3-7-11-17/h2-15H,1H3. The first kappa shape index (κ1) is 13.6. The van der Waals surface area contributed by atoms with Gasteiger partial charge >= 0.3 is 0 Å². The molecule has 2 heteroatoms. The van der Waals surface area contributed by atoms with Gasteiger partial charge in [0.1, 0.15) is 5.75 Å². The Kier molecular flexibility index (Phi) is 3.35. The Hall–Kier alpha value is -3.00. The summed E-state index contributed by atoms with van der Waals surface area (Å²) in [5.41, 5.74) is 4.75. The van der Waals surface area contributed by atoms with Crippen LogP contribution in [0.2, 0.25) is 0 Å². The monoisotopic (exact) mass is 299 g/mol. The lowest BCUT2D eigenvalue weighted by Crippen LogP contribution is -1.90. The molecule has 2 nitrogen and oxygen atoms in total. The number of para-hydroxylation sites is 1. The molecule has 0 spiro atoms. The van der Waals surface area contributed by atoms with Gasteiger partial charge in [-0.25, -0.2) is 0 Å². The highest BCUT2D eigenvalue weighted by Gasteiger charge is 2.12. The van der Waals surface area contributed by atoms with Crippen LogP contribution < -0.4 is 4.74 Å². The molecule has 4 aromatic rings. The third-order valence-electron chi connectivity index (χ3n) is 4.13. The quantitative estimate of drug-likeness (QED) is 0.500. The molecular formula is C21H17NO. The van der Waals surface area contributed by atoms with Gasteiger partial charge in [-0.05, 0) is 35.9 Å². The van der Waals surface area contributed by atoms with E-state index in [4.69, 9.17) is 4.74 Å². The van der Waals surface area contributed by atoms with Crippen LogP contribution in [0.3, 0.4) is 0 Å². The average Bonchev–Trinajstić information content (AvgIpc) is 3.02. The number of rotatable bonds is 3. The summed E-state index contributed by atoms with van der Waals surface area (Å²) in [6.07, 6.45) is 2.20. The summed E-state index contributed by atoms with van der Waals surface area (Å²) in [5, 5.41) is 1.19. The van der Waals surface area contributed by atoms with Crippen molar-refractivity contribution in [1.82, 2.24) is 4.57 Å². The first-order valence-electron chi connectivity index (χ1n) is 7.67. The Morgan fingerprint density at radius 1 is 0.783 bits per heavy atom. The maximum absolute atomic E-state index is 5.42. The van der Waals surface area contributed by atoms with Gasteiger partial charge < -0.3 is 9.30 Å². The zero-order valence-corrected chi connectivity index (χ0v) is 12.9. The minimum absolute atomic E-state index is 0.875. The smallest absolute Gasteiger partial charge is 0.119 e. The number of hydrogen-bond donors (Lipinski definition) is 0. The summed E-state index contributed by atoms with van der Waals surface area (Å²) < 4.78 is 7.65. The van der Waals surface area contributed by atoms with E-state index in [2.05, 4.69) is 71.4 Å². The number of ether oxygens (including phenoxy) is 1. The van der Waals surface area contributed by atoms with Crippen LogP contribution in [0.15, 0.2) is 85.1 Å². The van der Waals surface area contributed by atoms with E-state index in [1.165, 1.54) is 22.0 Å². The number of aromatic nitrogens is 1. The largest absolute Gasteiger partial charge is 0.497 e. The molecule has 0 amide bonds. The fraction of sp³-hybridized carbons (Fsp3) is 0.0476. The Bertz CT molecular complexity index is 940. The number of methoxy groups -OCH3 is 1. The molecule has 0 unspecified atom stereocenters. The van der Waals surface area contributed by atoms with Gasteiger partial charge in [0.15, 0.2) is 0 Å². The van der Waals surface area contributed by atoms with E-state index in [0.717, 1.165) is 11.4 Å². The number of nitrogens with zero attached hydrogens (tertiary/aromatic N) is 1. The zero-order valence-electron chi connectivity index (χ0n) is 12.9. The lowest BCUT2D eigenvalue weighted by molar-refractivity contribution is 0.415. The topological polar surface area (TPSA) is 14.2 Å². The van der Waals surface area contributed by atoms with Gasteiger partial charge in [0.05, 0.1) is 12.6 Å². The van der Waals surface area contributed by atoms with Crippen LogP contribution >= 0.6 is 0 Å². The van der Waals surface area contributed by atoms with Gasteiger partial charge in [-0.1, -0.05) is 48.5 Å². The zero-order chi connectivity index (χ0) is 15.6. The van der Waals surface area contributed by atoms with E-state index < -0.39 is 0 Å². The molecule has 0 atom stereocenters. The van der Waals surface area contributed by atoms with E-state index in [9.17, 15) is 0 Å². The highest BCUT2D eigenvalue weighted by Crippen LogP contribution is 2.34. The second-order valence-electron chi connectivity index (χ2n) is 5.50. The molecule has 0 bridgehead atoms. The normalized spacial score (nSPS) is 10.8. The maximum Gasteiger partial charge on any atom is 0.119 e. The number of benzene rings is 3. The Morgan fingerprint density at radius 2 is 1.48 bits per heavy atom. The Balaban J connectivity index is 2.02. The predicted molar refractivity (Wildman–Crippen MR) is 95.3 cm³/mol. The molecular weight excluding hydrogens is 282 g/mol. The van der Waals surface area contributed by atoms with Crippen molar-refractivity contribution in [3.63, 3.8) is 0 Å². The molecule has 4 rings (SSSR count). The van der Waals surface area contributed by atoms with Gasteiger partial charge in [0, 0.05) is 22.8 Å². The van der Waals surface area contributed by atoms with Gasteiger partial charge in [-0.15, -0.1) is 0 Å². The molecule has 0 aliphatic carbocycles. The Morgan fingerprint density at radius 3 is 2.17 bits per heavy atom. The average molecular weight is 299 g/mol. The summed E-state index contributed by atoms with van der Waals surface area (Å²) in [6, 6.07) is 27.1. The molecule has 0 aliphatic heterocycles. The van der Waals surface area contributed by atoms with Crippen molar-refractivity contribution in [2.45, 2.75) is 0 Å². The number of fused-ring (bicyclic) bond motifs is 1. The highest BCUT2D eigenvalue weighted by atomic mass is 16.5. The van der Waals surface area contributed by atoms with E-state index in [1.54, 1.807) is 7.11 Å². The van der Waals surface area contributed by atoms with E-state index in [0.29, 0.717) is 0 Å². The van der Waals surface area contributed by atoms with Crippen molar-refractivity contribution in [2.75, 3.05) is 7.11 Å². The minimum Gasteiger partial charge on any atom is -0.497 e. The summed E-state index contributed by atoms with van der Waals surface area (Å²) in [5.74, 6) is 0.875. The van der Waals surface area contributed by atoms with Crippen LogP contribution in [0, 0.1) is 0 Å². The summed E-state index contributed by atoms with van der Waals surface area (Å²) in [7, 11) is 1.71. The van der Waals surface area contributed by atoms with Crippen molar-refractivity contribution in [1.29, 1.82) is 0 Å². The SMILES string of the molecule is COc1ccc2c(c1)c(-c1ccccc1)cn2-c1ccccc1. The van der Waals surface area contributed by atoms with Gasteiger partial charge in [0.25, 0.3) is 0 Å². The second-order valence-corrected chi connectivity index (χ2v) is 5.50. The van der Waals surface area contributed by atoms with Crippen LogP contribution in [0.4, 0.5) is 0 Å². The van der Waals surface area contributed by atoms with Gasteiger partial charge in [-0.3, -0.25) is 0 Å².